The monoisotopic (exact) mass is 1200 g/mol. The Morgan fingerprint density at radius 3 is 1.98 bits per heavy atom. The summed E-state index contributed by atoms with van der Waals surface area (Å²) in [5, 5.41) is 55.6. The van der Waals surface area contributed by atoms with Crippen molar-refractivity contribution in [3.05, 3.63) is 138 Å². The minimum absolute atomic E-state index is 0.132. The SMILES string of the molecule is CC[C@H](C)[C@@H]1NC(=O)CNC(=O)C2Cc3c([nH]c4ccccc34)SCC(NC(=O)CNC1=O)C(=O)N[C@@H](CC(=O)NCCCSC(c1ccccc1)(c1ccccc1)c1ccccc1)C(=O)C1C[C@H](O)C[C@@]1(C=O)N[C@@H]([C@@H](C)[C@@H](O)CO)C(=O)N2. The number of aromatic amines is 1. The number of hydrogen-bond donors (Lipinski definition) is 12. The molecule has 8 rings (SSSR count). The normalized spacial score (nSPS) is 25.2. The van der Waals surface area contributed by atoms with Crippen LogP contribution in [0.3, 0.4) is 0 Å². The zero-order valence-corrected chi connectivity index (χ0v) is 49.3. The number of benzene rings is 4. The lowest BCUT2D eigenvalue weighted by Crippen LogP contribution is -2.65. The number of thioether (sulfide) groups is 2. The average Bonchev–Trinajstić information content (AvgIpc) is 2.26. The van der Waals surface area contributed by atoms with E-state index in [0.29, 0.717) is 46.4 Å². The van der Waals surface area contributed by atoms with Gasteiger partial charge in [-0.3, -0.25) is 43.7 Å². The summed E-state index contributed by atoms with van der Waals surface area (Å²) < 4.78 is -0.644. The molecule has 1 aromatic heterocycles. The van der Waals surface area contributed by atoms with E-state index in [2.05, 4.69) is 83.9 Å². The highest BCUT2D eigenvalue weighted by Crippen LogP contribution is 2.48. The molecule has 23 heteroatoms. The largest absolute Gasteiger partial charge is 0.394 e. The van der Waals surface area contributed by atoms with Crippen molar-refractivity contribution < 1.29 is 58.5 Å². The van der Waals surface area contributed by atoms with Gasteiger partial charge >= 0.3 is 0 Å². The number of aliphatic hydroxyl groups is 3. The van der Waals surface area contributed by atoms with Gasteiger partial charge in [0.05, 0.1) is 65.7 Å². The van der Waals surface area contributed by atoms with E-state index in [1.165, 1.54) is 6.92 Å². The molecule has 1 fully saturated rings. The number of para-hydroxylation sites is 1. The lowest BCUT2D eigenvalue weighted by Gasteiger charge is -2.38. The number of amides is 7. The van der Waals surface area contributed by atoms with Gasteiger partial charge in [-0.25, -0.2) is 0 Å². The quantitative estimate of drug-likeness (QED) is 0.0382. The third-order valence-electron chi connectivity index (χ3n) is 16.4. The third kappa shape index (κ3) is 15.0. The molecular weight excluding hydrogens is 1130 g/mol. The molecule has 1 saturated carbocycles. The third-order valence-corrected chi connectivity index (χ3v) is 19.1. The molecule has 3 aliphatic rings. The van der Waals surface area contributed by atoms with Gasteiger partial charge in [0, 0.05) is 41.5 Å². The first kappa shape index (κ1) is 63.6. The van der Waals surface area contributed by atoms with Crippen LogP contribution in [0.2, 0.25) is 0 Å². The van der Waals surface area contributed by atoms with Gasteiger partial charge in [-0.1, -0.05) is 136 Å². The highest BCUT2D eigenvalue weighted by Gasteiger charge is 2.55. The Hall–Kier alpha value is -7.41. The van der Waals surface area contributed by atoms with E-state index in [1.54, 1.807) is 49.9 Å². The minimum atomic E-state index is -2.13. The molecule has 3 unspecified atom stereocenters. The Labute approximate surface area is 501 Å². The van der Waals surface area contributed by atoms with E-state index in [-0.39, 0.29) is 18.7 Å². The second kappa shape index (κ2) is 29.1. The van der Waals surface area contributed by atoms with E-state index < -0.39 is 157 Å². The van der Waals surface area contributed by atoms with E-state index in [9.17, 15) is 44.1 Å². The van der Waals surface area contributed by atoms with Crippen molar-refractivity contribution >= 4 is 87.8 Å². The minimum Gasteiger partial charge on any atom is -0.394 e. The average molecular weight is 1200 g/mol. The molecule has 0 radical (unpaired) electrons. The van der Waals surface area contributed by atoms with Gasteiger partial charge in [-0.05, 0) is 59.3 Å². The van der Waals surface area contributed by atoms with Crippen LogP contribution in [0.1, 0.15) is 75.1 Å². The van der Waals surface area contributed by atoms with Crippen LogP contribution in [0, 0.1) is 17.8 Å². The molecule has 21 nitrogen and oxygen atoms in total. The first-order valence-electron chi connectivity index (χ1n) is 28.7. The van der Waals surface area contributed by atoms with Crippen molar-refractivity contribution in [2.75, 3.05) is 37.7 Å². The number of fused-ring (bicyclic) bond motifs is 5. The van der Waals surface area contributed by atoms with Crippen LogP contribution in [0.4, 0.5) is 0 Å². The molecule has 452 valence electrons. The first-order chi connectivity index (χ1) is 40.9. The lowest BCUT2D eigenvalue weighted by atomic mass is 9.80. The Morgan fingerprint density at radius 2 is 1.36 bits per heavy atom. The number of ketones is 1. The van der Waals surface area contributed by atoms with Crippen molar-refractivity contribution in [2.24, 2.45) is 17.8 Å². The molecule has 0 spiro atoms. The highest BCUT2D eigenvalue weighted by atomic mass is 32.2. The van der Waals surface area contributed by atoms with Gasteiger partial charge in [0.2, 0.25) is 41.4 Å². The van der Waals surface area contributed by atoms with Crippen LogP contribution in [-0.4, -0.2) is 159 Å². The summed E-state index contributed by atoms with van der Waals surface area (Å²) in [5.41, 5.74) is 2.07. The maximum absolute atomic E-state index is 15.4. The smallest absolute Gasteiger partial charge is 0.244 e. The van der Waals surface area contributed by atoms with Crippen molar-refractivity contribution in [1.82, 2.24) is 47.5 Å². The second-order valence-electron chi connectivity index (χ2n) is 22.1. The number of aliphatic hydroxyl groups excluding tert-OH is 3. The molecule has 11 atom stereocenters. The van der Waals surface area contributed by atoms with Crippen molar-refractivity contribution in [3.8, 4) is 0 Å². The van der Waals surface area contributed by atoms with Crippen LogP contribution in [-0.2, 0) is 54.3 Å². The van der Waals surface area contributed by atoms with Crippen molar-refractivity contribution in [1.29, 1.82) is 0 Å². The Balaban J connectivity index is 1.16. The highest BCUT2D eigenvalue weighted by molar-refractivity contribution is 8.00. The van der Waals surface area contributed by atoms with Crippen LogP contribution < -0.4 is 42.5 Å². The molecule has 4 aromatic carbocycles. The van der Waals surface area contributed by atoms with Crippen molar-refractivity contribution in [3.63, 3.8) is 0 Å². The molecule has 3 heterocycles. The van der Waals surface area contributed by atoms with E-state index in [4.69, 9.17) is 0 Å². The fourth-order valence-electron chi connectivity index (χ4n) is 11.5. The number of aromatic nitrogens is 1. The summed E-state index contributed by atoms with van der Waals surface area (Å²) in [6, 6.07) is 29.7. The fourth-order valence-corrected chi connectivity index (χ4v) is 14.1. The number of rotatable bonds is 16. The number of hydrogen-bond acceptors (Lipinski definition) is 15. The Bertz CT molecular complexity index is 3100. The van der Waals surface area contributed by atoms with Gasteiger partial charge in [0.1, 0.15) is 24.4 Å². The number of H-pyrrole nitrogens is 1. The van der Waals surface area contributed by atoms with E-state index >= 15 is 14.4 Å². The fraction of sp³-hybridized carbons (Fsp3) is 0.435. The van der Waals surface area contributed by atoms with Crippen LogP contribution in [0.25, 0.3) is 10.9 Å². The van der Waals surface area contributed by atoms with Crippen LogP contribution >= 0.6 is 23.5 Å². The van der Waals surface area contributed by atoms with E-state index in [1.807, 2.05) is 54.6 Å². The zero-order chi connectivity index (χ0) is 60.8. The summed E-state index contributed by atoms with van der Waals surface area (Å²) in [6.45, 7) is 2.86. The van der Waals surface area contributed by atoms with Crippen LogP contribution in [0.5, 0.6) is 0 Å². The number of aldehydes is 1. The zero-order valence-electron chi connectivity index (χ0n) is 47.6. The molecule has 2 bridgehead atoms. The summed E-state index contributed by atoms with van der Waals surface area (Å²) in [6.07, 6.45) is -3.56. The standard InChI is InChI=1S/C62H75N9O12S2/c1-4-36(2)53-58(82)65-31-51(77)66-48-34-84-60-43(42-23-14-15-24-45(42)69-60)28-47(56(80)64-32-52(78)70-53)68-59(83)54(37(3)49(75)33-72)71-61(35-73)30-41(74)27-44(61)55(79)46(67-57(48)81)29-50(76)63-25-16-26-85-62(38-17-8-5-9-18-38,39-19-10-6-11-20-39)40-21-12-7-13-22-40/h5-15,17-24,35-37,41,44,46-49,53-54,69,71-72,74-75H,4,16,25-34H2,1-3H3,(H,63,76)(H,64,80)(H,65,82)(H,66,77)(H,67,81)(H,68,83)(H,70,78)/t36-,37-,41-,44?,46-,47?,48?,49-,53-,54-,61-/m0/s1. The maximum atomic E-state index is 15.4. The van der Waals surface area contributed by atoms with Gasteiger partial charge in [0.25, 0.3) is 0 Å². The summed E-state index contributed by atoms with van der Waals surface area (Å²) >= 11 is 2.75. The van der Waals surface area contributed by atoms with Gasteiger partial charge in [-0.15, -0.1) is 23.5 Å². The van der Waals surface area contributed by atoms with Crippen molar-refractivity contribution in [2.45, 2.75) is 117 Å². The number of carbonyl (C=O) groups is 9. The summed E-state index contributed by atoms with van der Waals surface area (Å²) in [4.78, 5) is 133. The molecule has 85 heavy (non-hydrogen) atoms. The van der Waals surface area contributed by atoms with Gasteiger partial charge in [-0.2, -0.15) is 0 Å². The molecule has 0 saturated heterocycles. The van der Waals surface area contributed by atoms with Gasteiger partial charge in [0.15, 0.2) is 5.78 Å². The predicted octanol–water partition coefficient (Wildman–Crippen LogP) is 1.89. The summed E-state index contributed by atoms with van der Waals surface area (Å²) in [7, 11) is 0. The van der Waals surface area contributed by atoms with Crippen LogP contribution in [0.15, 0.2) is 120 Å². The number of nitrogens with one attached hydrogen (secondary N) is 9. The molecule has 5 aromatic rings. The summed E-state index contributed by atoms with van der Waals surface area (Å²) in [5.74, 6) is -9.66. The number of carbonyl (C=O) groups excluding carboxylic acids is 9. The Morgan fingerprint density at radius 1 is 0.765 bits per heavy atom. The first-order valence-corrected chi connectivity index (χ1v) is 30.7. The molecule has 7 amide bonds. The maximum Gasteiger partial charge on any atom is 0.244 e. The molecule has 1 aliphatic carbocycles. The lowest BCUT2D eigenvalue weighted by molar-refractivity contribution is -0.137. The molecule has 12 N–H and O–H groups in total. The molecule has 2 aliphatic heterocycles. The van der Waals surface area contributed by atoms with Gasteiger partial charge < -0.3 is 62.3 Å². The molecular formula is C62H75N9O12S2. The predicted molar refractivity (Wildman–Crippen MR) is 322 cm³/mol. The number of Topliss-reactive ketones (excluding diaryl/α,β-unsaturated/α-hetero) is 1. The second-order valence-corrected chi connectivity index (χ2v) is 24.4. The topological polar surface area (TPSA) is 326 Å². The van der Waals surface area contributed by atoms with E-state index in [0.717, 1.165) is 28.5 Å². The Kier molecular flexibility index (Phi) is 21.8.